The molecule has 3 unspecified atom stereocenters. The summed E-state index contributed by atoms with van der Waals surface area (Å²) >= 11 is 0. The van der Waals surface area contributed by atoms with Crippen LogP contribution in [-0.4, -0.2) is 23.1 Å². The molecular formula is C23H34O3. The first kappa shape index (κ1) is 18.3. The average molecular weight is 359 g/mol. The molecule has 0 aromatic heterocycles. The number of rotatable bonds is 3. The van der Waals surface area contributed by atoms with Gasteiger partial charge in [0.1, 0.15) is 6.10 Å². The molecule has 3 nitrogen and oxygen atoms in total. The Morgan fingerprint density at radius 3 is 2.81 bits per heavy atom. The van der Waals surface area contributed by atoms with Gasteiger partial charge in [-0.05, 0) is 67.8 Å². The lowest BCUT2D eigenvalue weighted by molar-refractivity contribution is -0.145. The van der Waals surface area contributed by atoms with Crippen LogP contribution in [0.5, 0.6) is 0 Å². The van der Waals surface area contributed by atoms with Gasteiger partial charge in [-0.15, -0.1) is 0 Å². The number of ketones is 1. The predicted molar refractivity (Wildman–Crippen MR) is 102 cm³/mol. The van der Waals surface area contributed by atoms with E-state index < -0.39 is 0 Å². The van der Waals surface area contributed by atoms with Gasteiger partial charge >= 0.3 is 0 Å². The fraction of sp³-hybridized carbons (Fsp3) is 0.783. The van der Waals surface area contributed by atoms with E-state index in [4.69, 9.17) is 4.74 Å². The molecule has 0 saturated heterocycles. The van der Waals surface area contributed by atoms with Gasteiger partial charge in [0.2, 0.25) is 0 Å². The number of hydrogen-bond acceptors (Lipinski definition) is 3. The summed E-state index contributed by atoms with van der Waals surface area (Å²) < 4.78 is 6.25. The average Bonchev–Trinajstić information content (AvgIpc) is 2.91. The highest BCUT2D eigenvalue weighted by Crippen LogP contribution is 2.65. The normalized spacial score (nSPS) is 47.5. The zero-order valence-corrected chi connectivity index (χ0v) is 16.6. The summed E-state index contributed by atoms with van der Waals surface area (Å²) in [5, 5.41) is 11.3. The molecule has 0 heterocycles. The topological polar surface area (TPSA) is 46.5 Å². The van der Waals surface area contributed by atoms with Gasteiger partial charge in [-0.25, -0.2) is 0 Å². The van der Waals surface area contributed by atoms with Crippen molar-refractivity contribution >= 4 is 5.78 Å². The van der Waals surface area contributed by atoms with E-state index in [1.807, 2.05) is 6.08 Å². The second-order valence-electron chi connectivity index (χ2n) is 9.74. The van der Waals surface area contributed by atoms with Gasteiger partial charge in [0, 0.05) is 18.3 Å². The van der Waals surface area contributed by atoms with Crippen LogP contribution in [0.15, 0.2) is 24.0 Å². The number of aliphatic hydroxyl groups is 1. The molecule has 0 radical (unpaired) electrons. The first-order chi connectivity index (χ1) is 12.3. The Hall–Kier alpha value is -1.09. The molecule has 0 bridgehead atoms. The van der Waals surface area contributed by atoms with Gasteiger partial charge in [-0.2, -0.15) is 0 Å². The van der Waals surface area contributed by atoms with Crippen molar-refractivity contribution in [3.8, 4) is 0 Å². The minimum Gasteiger partial charge on any atom is -0.495 e. The second kappa shape index (κ2) is 6.22. The highest BCUT2D eigenvalue weighted by Gasteiger charge is 2.62. The largest absolute Gasteiger partial charge is 0.495 e. The monoisotopic (exact) mass is 358 g/mol. The molecule has 3 saturated carbocycles. The summed E-state index contributed by atoms with van der Waals surface area (Å²) in [6.45, 7) is 10.8. The van der Waals surface area contributed by atoms with Gasteiger partial charge in [0.05, 0.1) is 11.9 Å². The Labute approximate surface area is 157 Å². The van der Waals surface area contributed by atoms with Gasteiger partial charge in [0.15, 0.2) is 5.78 Å². The van der Waals surface area contributed by atoms with Crippen molar-refractivity contribution in [2.45, 2.75) is 84.3 Å². The first-order valence-electron chi connectivity index (χ1n) is 10.6. The molecule has 144 valence electrons. The van der Waals surface area contributed by atoms with Crippen LogP contribution >= 0.6 is 0 Å². The number of hydrogen-bond donors (Lipinski definition) is 1. The van der Waals surface area contributed by atoms with Crippen molar-refractivity contribution in [3.63, 3.8) is 0 Å². The molecule has 1 N–H and O–H groups in total. The molecule has 0 aliphatic heterocycles. The molecule has 4 aliphatic carbocycles. The summed E-state index contributed by atoms with van der Waals surface area (Å²) in [4.78, 5) is 11.9. The fourth-order valence-electron chi connectivity index (χ4n) is 7.12. The first-order valence-corrected chi connectivity index (χ1v) is 10.6. The van der Waals surface area contributed by atoms with Gasteiger partial charge in [-0.1, -0.05) is 32.9 Å². The number of aliphatic hydroxyl groups excluding tert-OH is 1. The zero-order valence-electron chi connectivity index (χ0n) is 16.6. The van der Waals surface area contributed by atoms with Crippen LogP contribution in [0.4, 0.5) is 0 Å². The molecular weight excluding hydrogens is 324 g/mol. The van der Waals surface area contributed by atoms with E-state index in [0.717, 1.165) is 44.3 Å². The van der Waals surface area contributed by atoms with Crippen molar-refractivity contribution in [2.24, 2.45) is 28.6 Å². The predicted octanol–water partition coefficient (Wildman–Crippen LogP) is 4.80. The van der Waals surface area contributed by atoms with Crippen LogP contribution in [0.1, 0.15) is 72.1 Å². The number of allylic oxidation sites excluding steroid dienone is 2. The third kappa shape index (κ3) is 2.53. The summed E-state index contributed by atoms with van der Waals surface area (Å²) in [6, 6.07) is 0. The summed E-state index contributed by atoms with van der Waals surface area (Å²) in [5.41, 5.74) is 1.35. The van der Waals surface area contributed by atoms with E-state index >= 15 is 0 Å². The molecule has 0 spiro atoms. The number of carbonyl (C=O) groups excluding carboxylic acids is 1. The molecule has 0 aromatic rings. The zero-order chi connectivity index (χ0) is 18.7. The third-order valence-corrected chi connectivity index (χ3v) is 8.51. The Balaban J connectivity index is 1.64. The van der Waals surface area contributed by atoms with Crippen LogP contribution in [0.25, 0.3) is 0 Å². The molecule has 4 aliphatic rings. The van der Waals surface area contributed by atoms with Gasteiger partial charge in [-0.3, -0.25) is 4.79 Å². The molecule has 0 amide bonds. The van der Waals surface area contributed by atoms with Crippen molar-refractivity contribution in [3.05, 3.63) is 24.0 Å². The molecule has 26 heavy (non-hydrogen) atoms. The van der Waals surface area contributed by atoms with Crippen molar-refractivity contribution in [1.82, 2.24) is 0 Å². The Morgan fingerprint density at radius 1 is 1.31 bits per heavy atom. The third-order valence-electron chi connectivity index (χ3n) is 8.51. The van der Waals surface area contributed by atoms with Crippen LogP contribution < -0.4 is 0 Å². The lowest BCUT2D eigenvalue weighted by Gasteiger charge is -2.59. The van der Waals surface area contributed by atoms with E-state index in [2.05, 4.69) is 27.4 Å². The molecule has 0 aromatic carbocycles. The SMILES string of the molecule is C=C(CC)O[C@H]1CCC2C3CCC4=CC(=O)CC[C@]4(C)C3[C@@H](O)C[C@@]21C. The lowest BCUT2D eigenvalue weighted by Crippen LogP contribution is -2.57. The molecule has 3 heteroatoms. The van der Waals surface area contributed by atoms with Gasteiger partial charge < -0.3 is 9.84 Å². The van der Waals surface area contributed by atoms with Crippen LogP contribution in [0, 0.1) is 28.6 Å². The molecule has 7 atom stereocenters. The van der Waals surface area contributed by atoms with Crippen molar-refractivity contribution < 1.29 is 14.6 Å². The molecule has 4 rings (SSSR count). The summed E-state index contributed by atoms with van der Waals surface area (Å²) in [5.74, 6) is 2.60. The van der Waals surface area contributed by atoms with Crippen molar-refractivity contribution in [2.75, 3.05) is 0 Å². The Morgan fingerprint density at radius 2 is 2.08 bits per heavy atom. The highest BCUT2D eigenvalue weighted by molar-refractivity contribution is 5.91. The van der Waals surface area contributed by atoms with Crippen LogP contribution in [0.2, 0.25) is 0 Å². The maximum atomic E-state index is 11.9. The van der Waals surface area contributed by atoms with Gasteiger partial charge in [0.25, 0.3) is 0 Å². The number of fused-ring (bicyclic) bond motifs is 5. The Bertz CT molecular complexity index is 650. The second-order valence-corrected chi connectivity index (χ2v) is 9.74. The lowest BCUT2D eigenvalue weighted by atomic mass is 9.46. The van der Waals surface area contributed by atoms with Crippen LogP contribution in [-0.2, 0) is 9.53 Å². The standard InChI is InChI=1S/C23H34O3/c1-5-14(2)26-20-9-8-18-17-7-6-15-12-16(24)10-11-22(15,3)21(17)19(25)13-23(18,20)4/h12,17-21,25H,2,5-11,13H2,1,3-4H3/t17?,18?,19-,20-,21?,22-,23-/m0/s1. The minimum atomic E-state index is -0.303. The Kier molecular flexibility index (Phi) is 4.38. The quantitative estimate of drug-likeness (QED) is 0.737. The highest BCUT2D eigenvalue weighted by atomic mass is 16.5. The maximum Gasteiger partial charge on any atom is 0.155 e. The van der Waals surface area contributed by atoms with E-state index in [1.165, 1.54) is 12.0 Å². The van der Waals surface area contributed by atoms with E-state index in [-0.39, 0.29) is 28.8 Å². The number of carbonyl (C=O) groups is 1. The van der Waals surface area contributed by atoms with E-state index in [0.29, 0.717) is 24.2 Å². The molecule has 3 fully saturated rings. The smallest absolute Gasteiger partial charge is 0.155 e. The summed E-state index contributed by atoms with van der Waals surface area (Å²) in [7, 11) is 0. The van der Waals surface area contributed by atoms with E-state index in [1.54, 1.807) is 0 Å². The fourth-order valence-corrected chi connectivity index (χ4v) is 7.12. The van der Waals surface area contributed by atoms with Crippen molar-refractivity contribution in [1.29, 1.82) is 0 Å². The van der Waals surface area contributed by atoms with E-state index in [9.17, 15) is 9.90 Å². The minimum absolute atomic E-state index is 0.00350. The van der Waals surface area contributed by atoms with Crippen LogP contribution in [0.3, 0.4) is 0 Å². The maximum absolute atomic E-state index is 11.9. The summed E-state index contributed by atoms with van der Waals surface area (Å²) in [6.07, 6.45) is 9.42. The number of ether oxygens (including phenoxy) is 1.